The molecule has 194 valence electrons. The lowest BCUT2D eigenvalue weighted by Gasteiger charge is -2.20. The van der Waals surface area contributed by atoms with E-state index in [-0.39, 0.29) is 15.8 Å². The third-order valence-electron chi connectivity index (χ3n) is 6.46. The highest BCUT2D eigenvalue weighted by atomic mass is 32.2. The Balaban J connectivity index is 1.38. The van der Waals surface area contributed by atoms with Crippen molar-refractivity contribution in [2.45, 2.75) is 30.6 Å². The predicted octanol–water partition coefficient (Wildman–Crippen LogP) is 5.86. The van der Waals surface area contributed by atoms with Crippen LogP contribution < -0.4 is 5.32 Å². The second-order valence-electron chi connectivity index (χ2n) is 9.05. The number of benzene rings is 3. The zero-order valence-electron chi connectivity index (χ0n) is 20.7. The molecule has 2 heterocycles. The van der Waals surface area contributed by atoms with Crippen molar-refractivity contribution in [1.29, 1.82) is 0 Å². The number of amides is 1. The normalized spacial score (nSPS) is 14.5. The summed E-state index contributed by atoms with van der Waals surface area (Å²) < 4.78 is 27.6. The maximum atomic E-state index is 13.3. The number of thiazole rings is 1. The monoisotopic (exact) mass is 545 g/mol. The van der Waals surface area contributed by atoms with Gasteiger partial charge in [-0.05, 0) is 37.1 Å². The number of ketones is 1. The van der Waals surface area contributed by atoms with E-state index in [1.807, 2.05) is 36.4 Å². The number of hydrogen-bond acceptors (Lipinski definition) is 6. The van der Waals surface area contributed by atoms with Crippen LogP contribution in [0.15, 0.2) is 89.8 Å². The van der Waals surface area contributed by atoms with Crippen LogP contribution in [0.25, 0.3) is 11.3 Å². The van der Waals surface area contributed by atoms with E-state index < -0.39 is 15.9 Å². The van der Waals surface area contributed by atoms with Crippen LogP contribution in [0.1, 0.15) is 51.3 Å². The molecule has 0 saturated carbocycles. The van der Waals surface area contributed by atoms with Crippen molar-refractivity contribution in [3.63, 3.8) is 0 Å². The topological polar surface area (TPSA) is 96.4 Å². The Hall–Kier alpha value is -3.66. The molecule has 0 aliphatic carbocycles. The number of rotatable bonds is 7. The van der Waals surface area contributed by atoms with Crippen molar-refractivity contribution < 1.29 is 18.0 Å². The van der Waals surface area contributed by atoms with Gasteiger partial charge in [0.25, 0.3) is 5.91 Å². The summed E-state index contributed by atoms with van der Waals surface area (Å²) in [5.74, 6) is -0.610. The van der Waals surface area contributed by atoms with Gasteiger partial charge in [-0.1, -0.05) is 84.8 Å². The molecule has 1 aliphatic rings. The fraction of sp³-hybridized carbons (Fsp3) is 0.207. The van der Waals surface area contributed by atoms with E-state index >= 15 is 0 Å². The zero-order valence-corrected chi connectivity index (χ0v) is 22.3. The molecule has 1 N–H and O–H groups in total. The average molecular weight is 546 g/mol. The second-order valence-corrected chi connectivity index (χ2v) is 12.0. The van der Waals surface area contributed by atoms with Gasteiger partial charge in [-0.2, -0.15) is 4.31 Å². The van der Waals surface area contributed by atoms with Gasteiger partial charge >= 0.3 is 0 Å². The van der Waals surface area contributed by atoms with Crippen LogP contribution in [0.4, 0.5) is 5.13 Å². The van der Waals surface area contributed by atoms with Gasteiger partial charge in [0.2, 0.25) is 15.8 Å². The molecule has 1 aliphatic heterocycles. The lowest BCUT2D eigenvalue weighted by molar-refractivity contribution is 0.102. The minimum atomic E-state index is -3.60. The summed E-state index contributed by atoms with van der Waals surface area (Å²) in [6, 6.07) is 24.2. The largest absolute Gasteiger partial charge is 0.298 e. The first kappa shape index (κ1) is 26.0. The molecule has 3 aromatic carbocycles. The standard InChI is InChI=1S/C29H27N3O4S2/c33-26(22-13-7-4-8-14-22)27-25(21-11-5-3-6-12-21)30-29(37-27)31-28(34)23-15-17-24(18-16-23)38(35,36)32-19-9-1-2-10-20-32/h3-8,11-18H,1-2,9-10,19-20H2,(H,30,31,34). The fourth-order valence-electron chi connectivity index (χ4n) is 4.42. The van der Waals surface area contributed by atoms with Gasteiger partial charge in [0.1, 0.15) is 4.88 Å². The first-order chi connectivity index (χ1) is 18.4. The summed E-state index contributed by atoms with van der Waals surface area (Å²) >= 11 is 1.11. The third-order valence-corrected chi connectivity index (χ3v) is 9.34. The number of anilines is 1. The van der Waals surface area contributed by atoms with Gasteiger partial charge in [-0.25, -0.2) is 13.4 Å². The number of hydrogen-bond donors (Lipinski definition) is 1. The molecule has 9 heteroatoms. The highest BCUT2D eigenvalue weighted by Crippen LogP contribution is 2.33. The molecule has 38 heavy (non-hydrogen) atoms. The van der Waals surface area contributed by atoms with Gasteiger partial charge in [-0.15, -0.1) is 0 Å². The van der Waals surface area contributed by atoms with Gasteiger partial charge < -0.3 is 0 Å². The Morgan fingerprint density at radius 2 is 1.37 bits per heavy atom. The minimum absolute atomic E-state index is 0.173. The van der Waals surface area contributed by atoms with Crippen molar-refractivity contribution in [1.82, 2.24) is 9.29 Å². The maximum absolute atomic E-state index is 13.3. The van der Waals surface area contributed by atoms with Crippen molar-refractivity contribution >= 4 is 38.2 Å². The second kappa shape index (κ2) is 11.4. The van der Waals surface area contributed by atoms with Gasteiger partial charge in [0.05, 0.1) is 10.6 Å². The Bertz CT molecular complexity index is 1530. The predicted molar refractivity (Wildman–Crippen MR) is 149 cm³/mol. The summed E-state index contributed by atoms with van der Waals surface area (Å²) in [5.41, 5.74) is 2.10. The molecule has 0 unspecified atom stereocenters. The molecule has 1 aromatic heterocycles. The summed E-state index contributed by atoms with van der Waals surface area (Å²) in [6.07, 6.45) is 3.78. The number of carbonyl (C=O) groups excluding carboxylic acids is 2. The molecular formula is C29H27N3O4S2. The first-order valence-corrected chi connectivity index (χ1v) is 14.8. The number of nitrogens with one attached hydrogen (secondary N) is 1. The van der Waals surface area contributed by atoms with E-state index in [1.165, 1.54) is 28.6 Å². The molecule has 7 nitrogen and oxygen atoms in total. The van der Waals surface area contributed by atoms with Crippen LogP contribution in [0, 0.1) is 0 Å². The number of aromatic nitrogens is 1. The fourth-order valence-corrected chi connectivity index (χ4v) is 6.88. The van der Waals surface area contributed by atoms with Crippen molar-refractivity contribution in [2.75, 3.05) is 18.4 Å². The van der Waals surface area contributed by atoms with E-state index in [0.717, 1.165) is 42.6 Å². The van der Waals surface area contributed by atoms with E-state index in [2.05, 4.69) is 10.3 Å². The Labute approximate surface area is 226 Å². The number of sulfonamides is 1. The number of carbonyl (C=O) groups is 2. The third kappa shape index (κ3) is 5.60. The van der Waals surface area contributed by atoms with Gasteiger partial charge in [-0.3, -0.25) is 14.9 Å². The Kier molecular flexibility index (Phi) is 7.78. The van der Waals surface area contributed by atoms with Crippen LogP contribution in [0.5, 0.6) is 0 Å². The van der Waals surface area contributed by atoms with Crippen LogP contribution in [-0.4, -0.2) is 42.5 Å². The first-order valence-electron chi connectivity index (χ1n) is 12.5. The summed E-state index contributed by atoms with van der Waals surface area (Å²) in [4.78, 5) is 31.5. The summed E-state index contributed by atoms with van der Waals surface area (Å²) in [7, 11) is -3.60. The Morgan fingerprint density at radius 3 is 2.00 bits per heavy atom. The summed E-state index contributed by atoms with van der Waals surface area (Å²) in [6.45, 7) is 1.03. The maximum Gasteiger partial charge on any atom is 0.257 e. The molecule has 0 atom stereocenters. The smallest absolute Gasteiger partial charge is 0.257 e. The average Bonchev–Trinajstić information content (AvgIpc) is 3.17. The van der Waals surface area contributed by atoms with E-state index in [4.69, 9.17) is 0 Å². The van der Waals surface area contributed by atoms with E-state index in [1.54, 1.807) is 24.3 Å². The minimum Gasteiger partial charge on any atom is -0.298 e. The highest BCUT2D eigenvalue weighted by Gasteiger charge is 2.26. The molecule has 0 spiro atoms. The van der Waals surface area contributed by atoms with Crippen molar-refractivity contribution in [2.24, 2.45) is 0 Å². The van der Waals surface area contributed by atoms with Crippen molar-refractivity contribution in [3.05, 3.63) is 101 Å². The lowest BCUT2D eigenvalue weighted by atomic mass is 10.1. The van der Waals surface area contributed by atoms with E-state index in [0.29, 0.717) is 34.8 Å². The van der Waals surface area contributed by atoms with Crippen molar-refractivity contribution in [3.8, 4) is 11.3 Å². The van der Waals surface area contributed by atoms with Crippen LogP contribution in [0.2, 0.25) is 0 Å². The molecular weight excluding hydrogens is 518 g/mol. The van der Waals surface area contributed by atoms with Gasteiger partial charge in [0, 0.05) is 29.8 Å². The quantitative estimate of drug-likeness (QED) is 0.294. The Morgan fingerprint density at radius 1 is 0.763 bits per heavy atom. The van der Waals surface area contributed by atoms with Gasteiger partial charge in [0.15, 0.2) is 5.13 Å². The summed E-state index contributed by atoms with van der Waals surface area (Å²) in [5, 5.41) is 3.07. The molecule has 4 aromatic rings. The zero-order chi connectivity index (χ0) is 26.5. The number of nitrogens with zero attached hydrogens (tertiary/aromatic N) is 2. The molecule has 1 amide bonds. The highest BCUT2D eigenvalue weighted by molar-refractivity contribution is 7.89. The van der Waals surface area contributed by atoms with Crippen LogP contribution in [0.3, 0.4) is 0 Å². The lowest BCUT2D eigenvalue weighted by Crippen LogP contribution is -2.31. The molecule has 1 fully saturated rings. The molecule has 0 bridgehead atoms. The SMILES string of the molecule is O=C(Nc1nc(-c2ccccc2)c(C(=O)c2ccccc2)s1)c1ccc(S(=O)(=O)N2CCCCCC2)cc1. The molecule has 5 rings (SSSR count). The molecule has 0 radical (unpaired) electrons. The van der Waals surface area contributed by atoms with Crippen LogP contribution >= 0.6 is 11.3 Å². The van der Waals surface area contributed by atoms with E-state index in [9.17, 15) is 18.0 Å². The van der Waals surface area contributed by atoms with Crippen LogP contribution in [-0.2, 0) is 10.0 Å². The molecule has 1 saturated heterocycles.